The highest BCUT2D eigenvalue weighted by molar-refractivity contribution is 7.16. The van der Waals surface area contributed by atoms with Crippen molar-refractivity contribution in [2.75, 3.05) is 18.5 Å². The largest absolute Gasteiger partial charge is 0.484 e. The molecule has 2 heterocycles. The molecule has 0 spiro atoms. The van der Waals surface area contributed by atoms with Gasteiger partial charge in [0.15, 0.2) is 6.61 Å². The van der Waals surface area contributed by atoms with Crippen LogP contribution in [0.3, 0.4) is 0 Å². The number of nitriles is 1. The van der Waals surface area contributed by atoms with Gasteiger partial charge in [-0.3, -0.25) is 9.69 Å². The summed E-state index contributed by atoms with van der Waals surface area (Å²) in [6.45, 7) is 2.41. The average molecular weight is 438 g/mol. The van der Waals surface area contributed by atoms with Crippen LogP contribution in [0.25, 0.3) is 0 Å². The number of fused-ring (bicyclic) bond motifs is 1. The van der Waals surface area contributed by atoms with E-state index in [4.69, 9.17) is 16.3 Å². The molecule has 0 aliphatic carbocycles. The number of rotatable bonds is 6. The van der Waals surface area contributed by atoms with Crippen LogP contribution in [-0.2, 0) is 24.3 Å². The summed E-state index contributed by atoms with van der Waals surface area (Å²) >= 11 is 7.34. The summed E-state index contributed by atoms with van der Waals surface area (Å²) in [7, 11) is 0. The van der Waals surface area contributed by atoms with Gasteiger partial charge < -0.3 is 10.1 Å². The molecule has 0 unspecified atom stereocenters. The van der Waals surface area contributed by atoms with E-state index >= 15 is 0 Å². The van der Waals surface area contributed by atoms with Crippen LogP contribution >= 0.6 is 22.9 Å². The van der Waals surface area contributed by atoms with Crippen molar-refractivity contribution in [2.45, 2.75) is 19.5 Å². The summed E-state index contributed by atoms with van der Waals surface area (Å²) in [6.07, 6.45) is 0.804. The second-order valence-corrected chi connectivity index (χ2v) is 8.60. The molecule has 0 radical (unpaired) electrons. The number of thiophene rings is 1. The number of amides is 1. The van der Waals surface area contributed by atoms with Crippen molar-refractivity contribution in [1.29, 1.82) is 5.26 Å². The molecule has 1 aliphatic rings. The third-order valence-corrected chi connectivity index (χ3v) is 6.32. The Labute approximate surface area is 184 Å². The zero-order valence-electron chi connectivity index (χ0n) is 16.2. The number of benzene rings is 2. The van der Waals surface area contributed by atoms with Crippen LogP contribution in [-0.4, -0.2) is 24.0 Å². The van der Waals surface area contributed by atoms with E-state index < -0.39 is 0 Å². The van der Waals surface area contributed by atoms with E-state index in [9.17, 15) is 10.1 Å². The molecule has 0 saturated carbocycles. The van der Waals surface area contributed by atoms with Gasteiger partial charge in [0.1, 0.15) is 16.8 Å². The average Bonchev–Trinajstić information content (AvgIpc) is 3.10. The van der Waals surface area contributed by atoms with Gasteiger partial charge in [0, 0.05) is 29.5 Å². The Kier molecular flexibility index (Phi) is 6.34. The van der Waals surface area contributed by atoms with E-state index in [1.807, 2.05) is 18.2 Å². The zero-order valence-corrected chi connectivity index (χ0v) is 17.8. The lowest BCUT2D eigenvalue weighted by atomic mass is 10.0. The molecule has 30 heavy (non-hydrogen) atoms. The van der Waals surface area contributed by atoms with Gasteiger partial charge in [-0.15, -0.1) is 11.3 Å². The van der Waals surface area contributed by atoms with E-state index in [2.05, 4.69) is 28.4 Å². The minimum atomic E-state index is -0.291. The number of nitrogens with zero attached hydrogens (tertiary/aromatic N) is 2. The third kappa shape index (κ3) is 4.82. The topological polar surface area (TPSA) is 65.4 Å². The predicted molar refractivity (Wildman–Crippen MR) is 119 cm³/mol. The van der Waals surface area contributed by atoms with E-state index in [1.165, 1.54) is 16.9 Å². The van der Waals surface area contributed by atoms with Crippen LogP contribution < -0.4 is 10.1 Å². The van der Waals surface area contributed by atoms with Gasteiger partial charge >= 0.3 is 0 Å². The first kappa shape index (κ1) is 20.4. The second-order valence-electron chi connectivity index (χ2n) is 7.06. The number of hydrogen-bond donors (Lipinski definition) is 1. The molecule has 1 aromatic heterocycles. The van der Waals surface area contributed by atoms with Crippen molar-refractivity contribution in [3.05, 3.63) is 81.2 Å². The van der Waals surface area contributed by atoms with Gasteiger partial charge in [-0.1, -0.05) is 41.9 Å². The third-order valence-electron chi connectivity index (χ3n) is 4.93. The van der Waals surface area contributed by atoms with Gasteiger partial charge in [-0.2, -0.15) is 5.26 Å². The standard InChI is InChI=1S/C23H20ClN3O2S/c24-17-6-8-18(9-7-17)29-15-22(28)26-23-20(12-25)19-10-11-27(14-21(19)30-23)13-16-4-2-1-3-5-16/h1-9H,10-11,13-15H2,(H,26,28). The molecule has 3 aromatic rings. The molecule has 7 heteroatoms. The molecule has 1 aliphatic heterocycles. The van der Waals surface area contributed by atoms with Crippen LogP contribution in [0.2, 0.25) is 5.02 Å². The van der Waals surface area contributed by atoms with Gasteiger partial charge in [0.2, 0.25) is 0 Å². The van der Waals surface area contributed by atoms with Crippen molar-refractivity contribution in [1.82, 2.24) is 4.90 Å². The number of carbonyl (C=O) groups is 1. The fraction of sp³-hybridized carbons (Fsp3) is 0.217. The molecule has 0 atom stereocenters. The molecule has 0 fully saturated rings. The molecule has 0 saturated heterocycles. The van der Waals surface area contributed by atoms with Crippen molar-refractivity contribution in [3.8, 4) is 11.8 Å². The number of carbonyl (C=O) groups excluding carboxylic acids is 1. The molecule has 152 valence electrons. The van der Waals surface area contributed by atoms with Gasteiger partial charge in [-0.05, 0) is 41.8 Å². The second kappa shape index (κ2) is 9.31. The van der Waals surface area contributed by atoms with Crippen molar-refractivity contribution < 1.29 is 9.53 Å². The fourth-order valence-corrected chi connectivity index (χ4v) is 4.86. The quantitative estimate of drug-likeness (QED) is 0.598. The highest BCUT2D eigenvalue weighted by atomic mass is 35.5. The minimum Gasteiger partial charge on any atom is -0.484 e. The van der Waals surface area contributed by atoms with Crippen molar-refractivity contribution >= 4 is 33.8 Å². The Bertz CT molecular complexity index is 1070. The van der Waals surface area contributed by atoms with Gasteiger partial charge in [0.25, 0.3) is 5.91 Å². The maximum absolute atomic E-state index is 12.4. The molecular weight excluding hydrogens is 418 g/mol. The fourth-order valence-electron chi connectivity index (χ4n) is 3.48. The molecule has 1 amide bonds. The lowest BCUT2D eigenvalue weighted by molar-refractivity contribution is -0.118. The Balaban J connectivity index is 1.40. The first-order valence-corrected chi connectivity index (χ1v) is 10.8. The zero-order chi connectivity index (χ0) is 20.9. The maximum Gasteiger partial charge on any atom is 0.262 e. The first-order valence-electron chi connectivity index (χ1n) is 9.61. The monoisotopic (exact) mass is 437 g/mol. The van der Waals surface area contributed by atoms with E-state index in [0.29, 0.717) is 21.3 Å². The molecule has 0 bridgehead atoms. The molecular formula is C23H20ClN3O2S. The predicted octanol–water partition coefficient (Wildman–Crippen LogP) is 4.85. The Hall–Kier alpha value is -2.85. The van der Waals surface area contributed by atoms with E-state index in [0.717, 1.165) is 36.5 Å². The Morgan fingerprint density at radius 2 is 1.97 bits per heavy atom. The SMILES string of the molecule is N#Cc1c(NC(=O)COc2ccc(Cl)cc2)sc2c1CCN(Cc1ccccc1)C2. The smallest absolute Gasteiger partial charge is 0.262 e. The Morgan fingerprint density at radius 3 is 2.70 bits per heavy atom. The highest BCUT2D eigenvalue weighted by Gasteiger charge is 2.25. The number of halogens is 1. The number of hydrogen-bond acceptors (Lipinski definition) is 5. The minimum absolute atomic E-state index is 0.130. The summed E-state index contributed by atoms with van der Waals surface area (Å²) in [5.74, 6) is 0.276. The van der Waals surface area contributed by atoms with Crippen LogP contribution in [0.1, 0.15) is 21.6 Å². The summed E-state index contributed by atoms with van der Waals surface area (Å²) in [6, 6.07) is 19.5. The van der Waals surface area contributed by atoms with Crippen molar-refractivity contribution in [3.63, 3.8) is 0 Å². The van der Waals surface area contributed by atoms with Crippen LogP contribution in [0, 0.1) is 11.3 Å². The van der Waals surface area contributed by atoms with E-state index in [1.54, 1.807) is 24.3 Å². The van der Waals surface area contributed by atoms with Gasteiger partial charge in [0.05, 0.1) is 5.56 Å². The number of ether oxygens (including phenoxy) is 1. The number of nitrogens with one attached hydrogen (secondary N) is 1. The highest BCUT2D eigenvalue weighted by Crippen LogP contribution is 2.37. The summed E-state index contributed by atoms with van der Waals surface area (Å²) < 4.78 is 5.50. The summed E-state index contributed by atoms with van der Waals surface area (Å²) in [4.78, 5) is 15.9. The normalized spacial score (nSPS) is 13.3. The van der Waals surface area contributed by atoms with Crippen LogP contribution in [0.5, 0.6) is 5.75 Å². The summed E-state index contributed by atoms with van der Waals surface area (Å²) in [5.41, 5.74) is 2.90. The van der Waals surface area contributed by atoms with Crippen LogP contribution in [0.4, 0.5) is 5.00 Å². The molecule has 4 rings (SSSR count). The van der Waals surface area contributed by atoms with Gasteiger partial charge in [-0.25, -0.2) is 0 Å². The lowest BCUT2D eigenvalue weighted by Gasteiger charge is -2.26. The molecule has 1 N–H and O–H groups in total. The molecule has 5 nitrogen and oxygen atoms in total. The maximum atomic E-state index is 12.4. The lowest BCUT2D eigenvalue weighted by Crippen LogP contribution is -2.29. The van der Waals surface area contributed by atoms with Crippen LogP contribution in [0.15, 0.2) is 54.6 Å². The molecule has 2 aromatic carbocycles. The first-order chi connectivity index (χ1) is 14.6. The van der Waals surface area contributed by atoms with E-state index in [-0.39, 0.29) is 12.5 Å². The summed E-state index contributed by atoms with van der Waals surface area (Å²) in [5, 5.41) is 13.7. The Morgan fingerprint density at radius 1 is 1.20 bits per heavy atom. The van der Waals surface area contributed by atoms with Crippen molar-refractivity contribution in [2.24, 2.45) is 0 Å². The number of anilines is 1.